The lowest BCUT2D eigenvalue weighted by atomic mass is 9.96. The molecule has 1 aromatic heterocycles. The Bertz CT molecular complexity index is 510. The molecule has 0 amide bonds. The number of benzene rings is 1. The van der Waals surface area contributed by atoms with Crippen molar-refractivity contribution in [1.82, 2.24) is 14.8 Å². The van der Waals surface area contributed by atoms with Crippen LogP contribution in [0.2, 0.25) is 0 Å². The zero-order chi connectivity index (χ0) is 14.3. The number of rotatable bonds is 4. The second kappa shape index (κ2) is 7.25. The van der Waals surface area contributed by atoms with Crippen LogP contribution in [0.3, 0.4) is 0 Å². The Morgan fingerprint density at radius 2 is 1.71 bits per heavy atom. The third kappa shape index (κ3) is 4.31. The van der Waals surface area contributed by atoms with Crippen LogP contribution in [-0.4, -0.2) is 20.8 Å². The molecule has 0 aliphatic heterocycles. The second-order valence-corrected chi connectivity index (χ2v) is 5.98. The first-order valence-corrected chi connectivity index (χ1v) is 8.08. The molecule has 21 heavy (non-hydrogen) atoms. The predicted molar refractivity (Wildman–Crippen MR) is 85.3 cm³/mol. The fourth-order valence-electron chi connectivity index (χ4n) is 3.04. The van der Waals surface area contributed by atoms with Crippen LogP contribution in [-0.2, 0) is 6.54 Å². The van der Waals surface area contributed by atoms with Crippen molar-refractivity contribution in [3.05, 3.63) is 42.5 Å². The van der Waals surface area contributed by atoms with E-state index in [9.17, 15) is 0 Å². The molecule has 1 N–H and O–H groups in total. The lowest BCUT2D eigenvalue weighted by Gasteiger charge is -2.22. The molecular formula is C17H24N4. The Hall–Kier alpha value is -1.84. The molecule has 1 aromatic carbocycles. The van der Waals surface area contributed by atoms with Gasteiger partial charge in [0.2, 0.25) is 0 Å². The summed E-state index contributed by atoms with van der Waals surface area (Å²) >= 11 is 0. The zero-order valence-electron chi connectivity index (χ0n) is 12.5. The molecule has 1 aliphatic carbocycles. The highest BCUT2D eigenvalue weighted by Crippen LogP contribution is 2.21. The summed E-state index contributed by atoms with van der Waals surface area (Å²) in [5.41, 5.74) is 2.49. The van der Waals surface area contributed by atoms with Gasteiger partial charge in [0, 0.05) is 11.7 Å². The maximum absolute atomic E-state index is 4.14. The average molecular weight is 284 g/mol. The Labute approximate surface area is 126 Å². The van der Waals surface area contributed by atoms with Gasteiger partial charge in [0.15, 0.2) is 0 Å². The summed E-state index contributed by atoms with van der Waals surface area (Å²) in [4.78, 5) is 3.97. The van der Waals surface area contributed by atoms with Gasteiger partial charge in [0.05, 0.1) is 6.54 Å². The van der Waals surface area contributed by atoms with Gasteiger partial charge in [-0.25, -0.2) is 9.67 Å². The molecule has 1 aliphatic rings. The summed E-state index contributed by atoms with van der Waals surface area (Å²) in [6.07, 6.45) is 12.9. The quantitative estimate of drug-likeness (QED) is 0.927. The number of anilines is 1. The van der Waals surface area contributed by atoms with E-state index in [1.807, 2.05) is 4.68 Å². The van der Waals surface area contributed by atoms with Gasteiger partial charge in [0.1, 0.15) is 12.7 Å². The number of nitrogens with zero attached hydrogens (tertiary/aromatic N) is 3. The number of nitrogens with one attached hydrogen (secondary N) is 1. The van der Waals surface area contributed by atoms with Gasteiger partial charge in [-0.05, 0) is 30.5 Å². The molecule has 0 spiro atoms. The van der Waals surface area contributed by atoms with Gasteiger partial charge >= 0.3 is 0 Å². The summed E-state index contributed by atoms with van der Waals surface area (Å²) in [5.74, 6) is 0. The highest BCUT2D eigenvalue weighted by molar-refractivity contribution is 5.45. The van der Waals surface area contributed by atoms with Crippen molar-refractivity contribution < 1.29 is 0 Å². The summed E-state index contributed by atoms with van der Waals surface area (Å²) in [5, 5.41) is 7.84. The first kappa shape index (κ1) is 14.1. The van der Waals surface area contributed by atoms with Crippen molar-refractivity contribution in [1.29, 1.82) is 0 Å². The van der Waals surface area contributed by atoms with Gasteiger partial charge < -0.3 is 5.32 Å². The van der Waals surface area contributed by atoms with E-state index in [-0.39, 0.29) is 0 Å². The maximum atomic E-state index is 4.14. The van der Waals surface area contributed by atoms with Crippen molar-refractivity contribution in [2.24, 2.45) is 0 Å². The smallest absolute Gasteiger partial charge is 0.137 e. The summed E-state index contributed by atoms with van der Waals surface area (Å²) in [7, 11) is 0. The lowest BCUT2D eigenvalue weighted by molar-refractivity contribution is 0.471. The van der Waals surface area contributed by atoms with E-state index in [0.717, 1.165) is 6.54 Å². The summed E-state index contributed by atoms with van der Waals surface area (Å²) in [6, 6.07) is 9.36. The van der Waals surface area contributed by atoms with Crippen LogP contribution in [0.5, 0.6) is 0 Å². The fourth-order valence-corrected chi connectivity index (χ4v) is 3.04. The van der Waals surface area contributed by atoms with E-state index in [2.05, 4.69) is 39.7 Å². The van der Waals surface area contributed by atoms with Crippen molar-refractivity contribution >= 4 is 5.69 Å². The van der Waals surface area contributed by atoms with Crippen LogP contribution in [0.1, 0.15) is 50.5 Å². The van der Waals surface area contributed by atoms with E-state index in [1.54, 1.807) is 12.7 Å². The minimum Gasteiger partial charge on any atom is -0.382 e. The van der Waals surface area contributed by atoms with E-state index in [4.69, 9.17) is 0 Å². The van der Waals surface area contributed by atoms with Crippen molar-refractivity contribution in [2.45, 2.75) is 57.5 Å². The summed E-state index contributed by atoms with van der Waals surface area (Å²) in [6.45, 7) is 0.781. The van der Waals surface area contributed by atoms with Crippen LogP contribution >= 0.6 is 0 Å². The molecule has 1 saturated carbocycles. The lowest BCUT2D eigenvalue weighted by Crippen LogP contribution is -2.20. The minimum absolute atomic E-state index is 0.645. The Morgan fingerprint density at radius 1 is 1.00 bits per heavy atom. The molecule has 2 aromatic rings. The molecule has 0 radical (unpaired) electrons. The molecule has 0 unspecified atom stereocenters. The van der Waals surface area contributed by atoms with Gasteiger partial charge in [-0.3, -0.25) is 0 Å². The van der Waals surface area contributed by atoms with Crippen molar-refractivity contribution in [3.63, 3.8) is 0 Å². The van der Waals surface area contributed by atoms with Crippen LogP contribution in [0, 0.1) is 0 Å². The third-order valence-corrected chi connectivity index (χ3v) is 4.24. The SMILES string of the molecule is c1ncn(Cc2ccc(NC3CCCCCCC3)cc2)n1. The topological polar surface area (TPSA) is 42.7 Å². The molecule has 1 heterocycles. The molecule has 4 nitrogen and oxygen atoms in total. The first-order chi connectivity index (χ1) is 10.4. The molecule has 0 bridgehead atoms. The van der Waals surface area contributed by atoms with Gasteiger partial charge in [-0.2, -0.15) is 5.10 Å². The molecule has 4 heteroatoms. The number of aromatic nitrogens is 3. The Kier molecular flexibility index (Phi) is 4.87. The maximum Gasteiger partial charge on any atom is 0.137 e. The molecule has 3 rings (SSSR count). The van der Waals surface area contributed by atoms with Crippen LogP contribution < -0.4 is 5.32 Å². The minimum atomic E-state index is 0.645. The molecule has 1 fully saturated rings. The fraction of sp³-hybridized carbons (Fsp3) is 0.529. The Balaban J connectivity index is 1.55. The largest absolute Gasteiger partial charge is 0.382 e. The standard InChI is InChI=1S/C17H24N4/c1-2-4-6-16(7-5-3-1)20-17-10-8-15(9-11-17)12-21-14-18-13-19-21/h8-11,13-14,16,20H,1-7,12H2. The van der Waals surface area contributed by atoms with Crippen LogP contribution in [0.4, 0.5) is 5.69 Å². The van der Waals surface area contributed by atoms with E-state index in [1.165, 1.54) is 56.2 Å². The van der Waals surface area contributed by atoms with E-state index >= 15 is 0 Å². The number of hydrogen-bond acceptors (Lipinski definition) is 3. The van der Waals surface area contributed by atoms with E-state index < -0.39 is 0 Å². The third-order valence-electron chi connectivity index (χ3n) is 4.24. The van der Waals surface area contributed by atoms with Gasteiger partial charge in [-0.15, -0.1) is 0 Å². The molecule has 0 saturated heterocycles. The Morgan fingerprint density at radius 3 is 2.38 bits per heavy atom. The van der Waals surface area contributed by atoms with E-state index in [0.29, 0.717) is 6.04 Å². The normalized spacial score (nSPS) is 17.1. The van der Waals surface area contributed by atoms with Gasteiger partial charge in [0.25, 0.3) is 0 Å². The second-order valence-electron chi connectivity index (χ2n) is 5.98. The highest BCUT2D eigenvalue weighted by atomic mass is 15.3. The first-order valence-electron chi connectivity index (χ1n) is 8.08. The molecule has 112 valence electrons. The number of hydrogen-bond donors (Lipinski definition) is 1. The van der Waals surface area contributed by atoms with Crippen molar-refractivity contribution in [2.75, 3.05) is 5.32 Å². The highest BCUT2D eigenvalue weighted by Gasteiger charge is 2.10. The predicted octanol–water partition coefficient (Wildman–Crippen LogP) is 3.85. The van der Waals surface area contributed by atoms with Crippen molar-refractivity contribution in [3.8, 4) is 0 Å². The van der Waals surface area contributed by atoms with Crippen LogP contribution in [0.25, 0.3) is 0 Å². The molecule has 0 atom stereocenters. The zero-order valence-corrected chi connectivity index (χ0v) is 12.5. The average Bonchev–Trinajstić information content (AvgIpc) is 2.97. The monoisotopic (exact) mass is 284 g/mol. The molecular weight excluding hydrogens is 260 g/mol. The van der Waals surface area contributed by atoms with Gasteiger partial charge in [-0.1, -0.05) is 44.2 Å². The van der Waals surface area contributed by atoms with Crippen LogP contribution in [0.15, 0.2) is 36.9 Å². The summed E-state index contributed by atoms with van der Waals surface area (Å²) < 4.78 is 1.84.